The summed E-state index contributed by atoms with van der Waals surface area (Å²) in [4.78, 5) is 29.7. The Morgan fingerprint density at radius 2 is 1.90 bits per heavy atom. The molecule has 1 amide bonds. The number of hydrogen-bond acceptors (Lipinski definition) is 4. The number of nitrogens with zero attached hydrogens (tertiary/aromatic N) is 1. The molecular weight excluding hydrogens is 611 g/mol. The summed E-state index contributed by atoms with van der Waals surface area (Å²) in [6, 6.07) is 7.52. The molecule has 0 saturated heterocycles. The fraction of sp³-hybridized carbons (Fsp3) is 0.370. The van der Waals surface area contributed by atoms with E-state index in [4.69, 9.17) is 11.6 Å². The van der Waals surface area contributed by atoms with E-state index in [0.717, 1.165) is 18.2 Å². The number of fused-ring (bicyclic) bond motifs is 1. The fourth-order valence-electron chi connectivity index (χ4n) is 4.22. The van der Waals surface area contributed by atoms with Gasteiger partial charge in [0.2, 0.25) is 6.36 Å². The third-order valence-corrected chi connectivity index (χ3v) is 6.97. The van der Waals surface area contributed by atoms with Gasteiger partial charge in [-0.3, -0.25) is 9.59 Å². The van der Waals surface area contributed by atoms with Crippen molar-refractivity contribution in [3.63, 3.8) is 0 Å². The molecule has 12 heteroatoms. The largest absolute Gasteiger partial charge is 0.431 e. The van der Waals surface area contributed by atoms with E-state index >= 15 is 0 Å². The van der Waals surface area contributed by atoms with Gasteiger partial charge in [-0.1, -0.05) is 40.5 Å². The molecule has 0 aliphatic heterocycles. The Morgan fingerprint density at radius 3 is 2.56 bits per heavy atom. The van der Waals surface area contributed by atoms with Crippen LogP contribution in [0.1, 0.15) is 65.6 Å². The Morgan fingerprint density at radius 1 is 1.18 bits per heavy atom. The first-order chi connectivity index (χ1) is 18.3. The molecule has 0 bridgehead atoms. The van der Waals surface area contributed by atoms with E-state index in [1.165, 1.54) is 0 Å². The van der Waals surface area contributed by atoms with Crippen molar-refractivity contribution in [1.29, 1.82) is 0 Å². The van der Waals surface area contributed by atoms with E-state index in [1.807, 2.05) is 0 Å². The highest BCUT2D eigenvalue weighted by atomic mass is 79.9. The van der Waals surface area contributed by atoms with Gasteiger partial charge in [-0.2, -0.15) is 13.2 Å². The molecule has 39 heavy (non-hydrogen) atoms. The molecule has 0 aliphatic carbocycles. The lowest BCUT2D eigenvalue weighted by Crippen LogP contribution is -2.31. The molecule has 5 nitrogen and oxygen atoms in total. The Kier molecular flexibility index (Phi) is 10.3. The highest BCUT2D eigenvalue weighted by Crippen LogP contribution is 2.38. The Labute approximate surface area is 235 Å². The number of alkyl halides is 4. The van der Waals surface area contributed by atoms with Crippen LogP contribution in [0.15, 0.2) is 40.9 Å². The zero-order valence-corrected chi connectivity index (χ0v) is 23.3. The maximum atomic E-state index is 14.9. The summed E-state index contributed by atoms with van der Waals surface area (Å²) in [5, 5.41) is 3.07. The van der Waals surface area contributed by atoms with Crippen LogP contribution in [0.5, 0.6) is 0 Å². The molecule has 0 saturated carbocycles. The van der Waals surface area contributed by atoms with Gasteiger partial charge in [-0.15, -0.1) is 0 Å². The molecule has 0 radical (unpaired) electrons. The summed E-state index contributed by atoms with van der Waals surface area (Å²) in [5.74, 6) is -4.10. The number of carbonyl (C=O) groups excluding carboxylic acids is 2. The zero-order valence-electron chi connectivity index (χ0n) is 21.0. The fourth-order valence-corrected chi connectivity index (χ4v) is 4.77. The van der Waals surface area contributed by atoms with Crippen molar-refractivity contribution in [2.75, 3.05) is 6.54 Å². The SMILES string of the molecule is CCCC(F)OC(=O)CCC(CNC(=O)c1c(C)c(Cl)nc2ccc(Br)cc12)c1c(F)cccc1C(F)(F)F. The molecule has 1 N–H and O–H groups in total. The Bertz CT molecular complexity index is 1370. The van der Waals surface area contributed by atoms with Crippen molar-refractivity contribution in [3.05, 3.63) is 74.1 Å². The predicted octanol–water partition coefficient (Wildman–Crippen LogP) is 8.05. The number of halogens is 7. The van der Waals surface area contributed by atoms with Crippen molar-refractivity contribution in [2.24, 2.45) is 0 Å². The van der Waals surface area contributed by atoms with Crippen molar-refractivity contribution >= 4 is 50.3 Å². The number of ether oxygens (including phenoxy) is 1. The summed E-state index contributed by atoms with van der Waals surface area (Å²) in [5.41, 5.74) is -1.04. The maximum absolute atomic E-state index is 14.9. The molecule has 1 heterocycles. The van der Waals surface area contributed by atoms with Crippen LogP contribution in [0.4, 0.5) is 22.0 Å². The smallest absolute Gasteiger partial charge is 0.416 e. The van der Waals surface area contributed by atoms with Gasteiger partial charge in [-0.05, 0) is 55.7 Å². The van der Waals surface area contributed by atoms with Crippen LogP contribution in [0, 0.1) is 12.7 Å². The summed E-state index contributed by atoms with van der Waals surface area (Å²) in [6.45, 7) is 2.80. The molecule has 0 fully saturated rings. The number of rotatable bonds is 10. The molecule has 0 aliphatic rings. The van der Waals surface area contributed by atoms with Gasteiger partial charge in [0.15, 0.2) is 0 Å². The first-order valence-electron chi connectivity index (χ1n) is 12.1. The van der Waals surface area contributed by atoms with Crippen LogP contribution >= 0.6 is 27.5 Å². The van der Waals surface area contributed by atoms with Crippen molar-refractivity contribution in [1.82, 2.24) is 10.3 Å². The van der Waals surface area contributed by atoms with Crippen LogP contribution in [0.3, 0.4) is 0 Å². The van der Waals surface area contributed by atoms with Gasteiger partial charge in [0, 0.05) is 40.7 Å². The average Bonchev–Trinajstić information content (AvgIpc) is 2.85. The van der Waals surface area contributed by atoms with Gasteiger partial charge in [0.1, 0.15) is 11.0 Å². The first-order valence-corrected chi connectivity index (χ1v) is 13.2. The highest BCUT2D eigenvalue weighted by Gasteiger charge is 2.37. The van der Waals surface area contributed by atoms with Gasteiger partial charge in [-0.25, -0.2) is 13.8 Å². The number of pyridine rings is 1. The number of hydrogen-bond donors (Lipinski definition) is 1. The maximum Gasteiger partial charge on any atom is 0.416 e. The summed E-state index contributed by atoms with van der Waals surface area (Å²) >= 11 is 9.55. The molecular formula is C27H25BrClF5N2O3. The van der Waals surface area contributed by atoms with Crippen LogP contribution < -0.4 is 5.32 Å². The molecule has 2 aromatic carbocycles. The van der Waals surface area contributed by atoms with Crippen LogP contribution in [0.2, 0.25) is 5.15 Å². The van der Waals surface area contributed by atoms with Gasteiger partial charge < -0.3 is 10.1 Å². The lowest BCUT2D eigenvalue weighted by molar-refractivity contribution is -0.158. The third kappa shape index (κ3) is 7.66. The van der Waals surface area contributed by atoms with Crippen LogP contribution in [0.25, 0.3) is 10.9 Å². The number of esters is 1. The minimum absolute atomic E-state index is 0.0331. The van der Waals surface area contributed by atoms with E-state index in [9.17, 15) is 31.5 Å². The molecule has 3 aromatic rings. The van der Waals surface area contributed by atoms with Gasteiger partial charge in [0.25, 0.3) is 5.91 Å². The molecule has 0 spiro atoms. The number of nitrogens with one attached hydrogen (secondary N) is 1. The molecule has 1 aromatic heterocycles. The standard InChI is InChI=1S/C27H25BrClF5N2O3/c1-3-5-21(31)39-22(37)11-8-15(24-18(27(32,33)34)6-4-7-19(24)30)13-35-26(38)23-14(2)25(29)36-20-10-9-16(28)12-17(20)23/h4,6-7,9-10,12,15,21H,3,5,8,11,13H2,1-2H3,(H,35,38). The normalized spacial score (nSPS) is 13.3. The summed E-state index contributed by atoms with van der Waals surface area (Å²) in [7, 11) is 0. The van der Waals surface area contributed by atoms with Crippen LogP contribution in [-0.4, -0.2) is 29.8 Å². The molecule has 3 rings (SSSR count). The van der Waals surface area contributed by atoms with Gasteiger partial charge in [0.05, 0.1) is 16.6 Å². The highest BCUT2D eigenvalue weighted by molar-refractivity contribution is 9.10. The summed E-state index contributed by atoms with van der Waals surface area (Å²) < 4.78 is 75.3. The van der Waals surface area contributed by atoms with E-state index < -0.39 is 60.2 Å². The Balaban J connectivity index is 1.94. The Hall–Kier alpha value is -2.79. The zero-order chi connectivity index (χ0) is 28.9. The summed E-state index contributed by atoms with van der Waals surface area (Å²) in [6.07, 6.45) is -7.21. The lowest BCUT2D eigenvalue weighted by Gasteiger charge is -2.23. The first kappa shape index (κ1) is 30.7. The second kappa shape index (κ2) is 13.0. The topological polar surface area (TPSA) is 68.3 Å². The van der Waals surface area contributed by atoms with E-state index in [1.54, 1.807) is 32.0 Å². The second-order valence-corrected chi connectivity index (χ2v) is 10.2. The van der Waals surface area contributed by atoms with Crippen molar-refractivity contribution in [3.8, 4) is 0 Å². The average molecular weight is 636 g/mol. The molecule has 2 unspecified atom stereocenters. The molecule has 210 valence electrons. The number of benzene rings is 2. The monoisotopic (exact) mass is 634 g/mol. The molecule has 2 atom stereocenters. The number of carbonyl (C=O) groups is 2. The van der Waals surface area contributed by atoms with E-state index in [0.29, 0.717) is 27.4 Å². The van der Waals surface area contributed by atoms with E-state index in [-0.39, 0.29) is 23.6 Å². The third-order valence-electron chi connectivity index (χ3n) is 6.11. The van der Waals surface area contributed by atoms with E-state index in [2.05, 4.69) is 31.0 Å². The quantitative estimate of drug-likeness (QED) is 0.139. The van der Waals surface area contributed by atoms with Crippen LogP contribution in [-0.2, 0) is 15.7 Å². The minimum atomic E-state index is -4.90. The predicted molar refractivity (Wildman–Crippen MR) is 141 cm³/mol. The lowest BCUT2D eigenvalue weighted by atomic mass is 9.89. The van der Waals surface area contributed by atoms with Crippen molar-refractivity contribution < 1.29 is 36.3 Å². The minimum Gasteiger partial charge on any atom is -0.431 e. The number of aromatic nitrogens is 1. The second-order valence-electron chi connectivity index (χ2n) is 8.90. The van der Waals surface area contributed by atoms with Crippen molar-refractivity contribution in [2.45, 2.75) is 58.0 Å². The number of amides is 1. The van der Waals surface area contributed by atoms with Gasteiger partial charge >= 0.3 is 12.1 Å².